The van der Waals surface area contributed by atoms with Gasteiger partial charge in [0, 0.05) is 11.1 Å². The molecule has 0 amide bonds. The van der Waals surface area contributed by atoms with E-state index in [1.807, 2.05) is 6.07 Å². The number of hydrogen-bond acceptors (Lipinski definition) is 8. The molecule has 0 spiro atoms. The number of carbonyl (C=O) groups is 2. The highest BCUT2D eigenvalue weighted by Gasteiger charge is 2.28. The molecular weight excluding hydrogens is 614 g/mol. The summed E-state index contributed by atoms with van der Waals surface area (Å²) < 4.78 is 41.7. The van der Waals surface area contributed by atoms with Gasteiger partial charge in [0.05, 0.1) is 26.4 Å². The van der Waals surface area contributed by atoms with Gasteiger partial charge in [-0.05, 0) is 122 Å². The van der Waals surface area contributed by atoms with Crippen molar-refractivity contribution in [1.29, 1.82) is 0 Å². The van der Waals surface area contributed by atoms with Crippen molar-refractivity contribution >= 4 is 41.5 Å². The molecule has 0 saturated carbocycles. The lowest BCUT2D eigenvalue weighted by Gasteiger charge is -2.18. The molecule has 0 fully saturated rings. The molecule has 8 nitrogen and oxygen atoms in total. The summed E-state index contributed by atoms with van der Waals surface area (Å²) in [6.45, 7) is 1.58. The topological polar surface area (TPSA) is 97.4 Å². The number of halogens is 2. The molecule has 3 aromatic carbocycles. The lowest BCUT2D eigenvalue weighted by molar-refractivity contribution is 0.107. The van der Waals surface area contributed by atoms with Crippen LogP contribution < -0.4 is 14.0 Å². The zero-order chi connectivity index (χ0) is 30.8. The number of para-hydroxylation sites is 1. The summed E-state index contributed by atoms with van der Waals surface area (Å²) in [4.78, 5) is 22.3. The van der Waals surface area contributed by atoms with Crippen LogP contribution in [0.4, 0.5) is 0 Å². The second kappa shape index (κ2) is 19.4. The van der Waals surface area contributed by atoms with Gasteiger partial charge in [-0.1, -0.05) is 31.0 Å². The van der Waals surface area contributed by atoms with E-state index in [1.54, 1.807) is 72.8 Å². The summed E-state index contributed by atoms with van der Waals surface area (Å²) in [6.07, 6.45) is 6.64. The second-order valence-electron chi connectivity index (χ2n) is 9.64. The Morgan fingerprint density at radius 3 is 1.30 bits per heavy atom. The van der Waals surface area contributed by atoms with Gasteiger partial charge in [-0.25, -0.2) is 4.57 Å². The molecule has 0 radical (unpaired) electrons. The Morgan fingerprint density at radius 2 is 0.907 bits per heavy atom. The van der Waals surface area contributed by atoms with Gasteiger partial charge in [-0.15, -0.1) is 0 Å². The van der Waals surface area contributed by atoms with Crippen LogP contribution in [0.5, 0.6) is 17.2 Å². The van der Waals surface area contributed by atoms with Gasteiger partial charge in [-0.2, -0.15) is 0 Å². The van der Waals surface area contributed by atoms with Gasteiger partial charge in [-0.3, -0.25) is 18.6 Å². The number of rotatable bonds is 22. The van der Waals surface area contributed by atoms with Crippen molar-refractivity contribution < 1.29 is 37.2 Å². The molecule has 0 atom stereocenters. The van der Waals surface area contributed by atoms with Crippen LogP contribution in [-0.4, -0.2) is 36.9 Å². The predicted molar refractivity (Wildman–Crippen MR) is 168 cm³/mol. The summed E-state index contributed by atoms with van der Waals surface area (Å²) in [5.41, 5.74) is 0.862. The zero-order valence-electron chi connectivity index (χ0n) is 24.0. The number of phosphoric acid groups is 1. The van der Waals surface area contributed by atoms with Gasteiger partial charge in [0.15, 0.2) is 0 Å². The predicted octanol–water partition coefficient (Wildman–Crippen LogP) is 9.24. The van der Waals surface area contributed by atoms with E-state index in [1.165, 1.54) is 0 Å². The summed E-state index contributed by atoms with van der Waals surface area (Å²) in [7, 11) is -3.78. The molecule has 0 aliphatic heterocycles. The molecule has 0 heterocycles. The molecule has 11 heteroatoms. The highest BCUT2D eigenvalue weighted by Crippen LogP contribution is 2.49. The van der Waals surface area contributed by atoms with Crippen molar-refractivity contribution in [3.05, 3.63) is 90.0 Å². The van der Waals surface area contributed by atoms with Crippen molar-refractivity contribution in [2.24, 2.45) is 0 Å². The number of ether oxygens (including phenoxy) is 2. The van der Waals surface area contributed by atoms with Crippen molar-refractivity contribution in [2.75, 3.05) is 26.4 Å². The van der Waals surface area contributed by atoms with Crippen molar-refractivity contribution in [1.82, 2.24) is 0 Å². The second-order valence-corrected chi connectivity index (χ2v) is 11.9. The van der Waals surface area contributed by atoms with E-state index in [2.05, 4.69) is 0 Å². The van der Waals surface area contributed by atoms with Crippen LogP contribution in [0.3, 0.4) is 0 Å². The third kappa shape index (κ3) is 14.0. The van der Waals surface area contributed by atoms with Gasteiger partial charge < -0.3 is 14.0 Å². The van der Waals surface area contributed by atoms with Crippen molar-refractivity contribution in [2.45, 2.75) is 51.4 Å². The van der Waals surface area contributed by atoms with Gasteiger partial charge in [0.1, 0.15) is 17.2 Å². The quantitative estimate of drug-likeness (QED) is 0.0603. The Kier molecular flexibility index (Phi) is 15.6. The maximum Gasteiger partial charge on any atom is 0.530 e. The Hall–Kier alpha value is -2.87. The maximum absolute atomic E-state index is 13.3. The molecule has 43 heavy (non-hydrogen) atoms. The van der Waals surface area contributed by atoms with E-state index < -0.39 is 18.3 Å². The molecule has 3 rings (SSSR count). The standard InChI is InChI=1S/C32H37Cl2O8P/c33-31(35)26-14-18-28(19-15-26)38-22-8-1-3-10-24-40-43(37,42-30-12-6-5-7-13-30)41-25-11-4-2-9-23-39-29-20-16-27(17-21-29)32(34)36/h5-7,12-21H,1-4,8-11,22-25H2. The summed E-state index contributed by atoms with van der Waals surface area (Å²) in [5, 5.41) is -0.994. The van der Waals surface area contributed by atoms with E-state index >= 15 is 0 Å². The van der Waals surface area contributed by atoms with Crippen LogP contribution >= 0.6 is 31.0 Å². The molecule has 0 unspecified atom stereocenters. The fourth-order valence-corrected chi connectivity index (χ4v) is 5.43. The molecule has 0 saturated heterocycles. The molecule has 232 valence electrons. The van der Waals surface area contributed by atoms with Gasteiger partial charge in [0.25, 0.3) is 10.5 Å². The van der Waals surface area contributed by atoms with E-state index in [-0.39, 0.29) is 13.2 Å². The maximum atomic E-state index is 13.3. The minimum Gasteiger partial charge on any atom is -0.494 e. The van der Waals surface area contributed by atoms with Crippen LogP contribution in [0, 0.1) is 0 Å². The van der Waals surface area contributed by atoms with Crippen molar-refractivity contribution in [3.8, 4) is 17.2 Å². The molecule has 0 aliphatic rings. The number of carbonyl (C=O) groups excluding carboxylic acids is 2. The van der Waals surface area contributed by atoms with Crippen LogP contribution in [0.1, 0.15) is 72.1 Å². The SMILES string of the molecule is O=C(Cl)c1ccc(OCCCCCCOP(=O)(OCCCCCCOc2ccc(C(=O)Cl)cc2)Oc2ccccc2)cc1. The average molecular weight is 652 g/mol. The fraction of sp³-hybridized carbons (Fsp3) is 0.375. The minimum absolute atomic E-state index is 0.246. The Balaban J connectivity index is 1.29. The lowest BCUT2D eigenvalue weighted by atomic mass is 10.2. The van der Waals surface area contributed by atoms with Crippen molar-refractivity contribution in [3.63, 3.8) is 0 Å². The molecule has 0 aromatic heterocycles. The first-order valence-corrected chi connectivity index (χ1v) is 16.6. The number of phosphoric ester groups is 1. The van der Waals surface area contributed by atoms with Crippen LogP contribution in [-0.2, 0) is 13.6 Å². The first kappa shape index (κ1) is 34.6. The van der Waals surface area contributed by atoms with E-state index in [4.69, 9.17) is 46.2 Å². The number of unbranched alkanes of at least 4 members (excludes halogenated alkanes) is 6. The minimum atomic E-state index is -3.78. The fourth-order valence-electron chi connectivity index (χ4n) is 3.91. The third-order valence-corrected chi connectivity index (χ3v) is 8.11. The summed E-state index contributed by atoms with van der Waals surface area (Å²) in [6, 6.07) is 22.3. The van der Waals surface area contributed by atoms with E-state index in [9.17, 15) is 14.2 Å². The molecule has 0 bridgehead atoms. The highest BCUT2D eigenvalue weighted by molar-refractivity contribution is 7.48. The zero-order valence-corrected chi connectivity index (χ0v) is 26.4. The number of benzene rings is 3. The van der Waals surface area contributed by atoms with E-state index in [0.717, 1.165) is 38.5 Å². The number of hydrogen-bond donors (Lipinski definition) is 0. The molecule has 0 aliphatic carbocycles. The normalized spacial score (nSPS) is 11.2. The largest absolute Gasteiger partial charge is 0.530 e. The Morgan fingerprint density at radius 1 is 0.512 bits per heavy atom. The first-order valence-electron chi connectivity index (χ1n) is 14.3. The smallest absolute Gasteiger partial charge is 0.494 e. The van der Waals surface area contributed by atoms with Gasteiger partial charge in [0.2, 0.25) is 0 Å². The van der Waals surface area contributed by atoms with Gasteiger partial charge >= 0.3 is 7.82 Å². The average Bonchev–Trinajstić information content (AvgIpc) is 3.00. The molecule has 0 N–H and O–H groups in total. The van der Waals surface area contributed by atoms with Crippen LogP contribution in [0.25, 0.3) is 0 Å². The third-order valence-electron chi connectivity index (χ3n) is 6.24. The highest BCUT2D eigenvalue weighted by atomic mass is 35.5. The van der Waals surface area contributed by atoms with Crippen LogP contribution in [0.15, 0.2) is 78.9 Å². The first-order chi connectivity index (χ1) is 20.8. The Bertz CT molecular complexity index is 1210. The monoisotopic (exact) mass is 650 g/mol. The Labute approximate surface area is 263 Å². The van der Waals surface area contributed by atoms with Crippen LogP contribution in [0.2, 0.25) is 0 Å². The molecular formula is C32H37Cl2O8P. The lowest BCUT2D eigenvalue weighted by Crippen LogP contribution is -2.05. The van der Waals surface area contributed by atoms with E-state index in [0.29, 0.717) is 54.4 Å². The summed E-state index contributed by atoms with van der Waals surface area (Å²) >= 11 is 10.9. The molecule has 3 aromatic rings. The summed E-state index contributed by atoms with van der Waals surface area (Å²) in [5.74, 6) is 1.79.